The van der Waals surface area contributed by atoms with E-state index in [2.05, 4.69) is 77.9 Å². The van der Waals surface area contributed by atoms with Gasteiger partial charge >= 0.3 is 0 Å². The van der Waals surface area contributed by atoms with Crippen molar-refractivity contribution in [2.45, 2.75) is 6.42 Å². The van der Waals surface area contributed by atoms with Gasteiger partial charge in [-0.05, 0) is 40.8 Å². The average Bonchev–Trinajstić information content (AvgIpc) is 3.13. The van der Waals surface area contributed by atoms with Crippen LogP contribution in [0.25, 0.3) is 22.4 Å². The molecule has 1 aromatic heterocycles. The molecule has 4 rings (SSSR count). The van der Waals surface area contributed by atoms with Gasteiger partial charge in [-0.1, -0.05) is 72.8 Å². The molecule has 0 aliphatic carbocycles. The Morgan fingerprint density at radius 2 is 1.46 bits per heavy atom. The Labute approximate surface area is 154 Å². The third-order valence-electron chi connectivity index (χ3n) is 4.62. The van der Waals surface area contributed by atoms with Crippen LogP contribution >= 0.6 is 0 Å². The molecule has 1 N–H and O–H groups in total. The molecule has 3 aromatic carbocycles. The number of hydrogen-bond acceptors (Lipinski definition) is 1. The second kappa shape index (κ2) is 7.32. The van der Waals surface area contributed by atoms with Crippen LogP contribution in [-0.2, 0) is 6.42 Å². The fourth-order valence-electron chi connectivity index (χ4n) is 3.37. The fourth-order valence-corrected chi connectivity index (χ4v) is 3.37. The van der Waals surface area contributed by atoms with Crippen molar-refractivity contribution in [3.05, 3.63) is 102 Å². The third kappa shape index (κ3) is 3.27. The van der Waals surface area contributed by atoms with Gasteiger partial charge in [0, 0.05) is 11.8 Å². The number of hydrogen-bond donors (Lipinski definition) is 1. The first kappa shape index (κ1) is 16.2. The molecule has 0 spiro atoms. The molecule has 0 atom stereocenters. The predicted molar refractivity (Wildman–Crippen MR) is 107 cm³/mol. The molecular weight excluding hydrogens is 318 g/mol. The lowest BCUT2D eigenvalue weighted by atomic mass is 9.94. The maximum Gasteiger partial charge on any atom is 0.119 e. The number of benzene rings is 3. The van der Waals surface area contributed by atoms with Crippen molar-refractivity contribution in [1.82, 2.24) is 4.98 Å². The molecule has 2 heteroatoms. The lowest BCUT2D eigenvalue weighted by molar-refractivity contribution is 0.414. The molecule has 0 unspecified atom stereocenters. The summed E-state index contributed by atoms with van der Waals surface area (Å²) in [5.41, 5.74) is 7.37. The molecule has 26 heavy (non-hydrogen) atoms. The molecule has 0 saturated heterocycles. The number of aromatic amines is 1. The maximum absolute atomic E-state index is 5.37. The van der Waals surface area contributed by atoms with E-state index in [0.29, 0.717) is 0 Å². The van der Waals surface area contributed by atoms with Crippen LogP contribution in [0.5, 0.6) is 5.75 Å². The zero-order valence-electron chi connectivity index (χ0n) is 14.8. The van der Waals surface area contributed by atoms with E-state index in [1.807, 2.05) is 18.2 Å². The maximum atomic E-state index is 5.37. The second-order valence-electron chi connectivity index (χ2n) is 6.32. The van der Waals surface area contributed by atoms with Gasteiger partial charge in [-0.3, -0.25) is 0 Å². The highest BCUT2D eigenvalue weighted by Crippen LogP contribution is 2.35. The topological polar surface area (TPSA) is 25.0 Å². The van der Waals surface area contributed by atoms with E-state index in [-0.39, 0.29) is 0 Å². The van der Waals surface area contributed by atoms with Crippen molar-refractivity contribution < 1.29 is 4.74 Å². The first-order valence-corrected chi connectivity index (χ1v) is 8.79. The van der Waals surface area contributed by atoms with Gasteiger partial charge in [-0.25, -0.2) is 0 Å². The standard InChI is InChI=1S/C24H21NO/c1-26-22-14-8-9-18(16-22)15-21-17-25-24(20-12-6-3-7-13-20)23(21)19-10-4-2-5-11-19/h2-14,16-17,25H,15H2,1H3. The molecular formula is C24H21NO. The number of methoxy groups -OCH3 is 1. The largest absolute Gasteiger partial charge is 0.497 e. The van der Waals surface area contributed by atoms with Crippen LogP contribution < -0.4 is 4.74 Å². The highest BCUT2D eigenvalue weighted by atomic mass is 16.5. The van der Waals surface area contributed by atoms with Gasteiger partial charge in [0.1, 0.15) is 5.75 Å². The van der Waals surface area contributed by atoms with Gasteiger partial charge in [-0.15, -0.1) is 0 Å². The SMILES string of the molecule is COc1cccc(Cc2c[nH]c(-c3ccccc3)c2-c2ccccc2)c1. The number of H-pyrrole nitrogens is 1. The van der Waals surface area contributed by atoms with Gasteiger partial charge < -0.3 is 9.72 Å². The van der Waals surface area contributed by atoms with Crippen LogP contribution in [0.1, 0.15) is 11.1 Å². The fraction of sp³-hybridized carbons (Fsp3) is 0.0833. The van der Waals surface area contributed by atoms with Gasteiger partial charge in [0.2, 0.25) is 0 Å². The summed E-state index contributed by atoms with van der Waals surface area (Å²) >= 11 is 0. The zero-order valence-corrected chi connectivity index (χ0v) is 14.8. The molecule has 0 aliphatic rings. The minimum Gasteiger partial charge on any atom is -0.497 e. The minimum atomic E-state index is 0.852. The van der Waals surface area contributed by atoms with Gasteiger partial charge in [-0.2, -0.15) is 0 Å². The van der Waals surface area contributed by atoms with Gasteiger partial charge in [0.15, 0.2) is 0 Å². The third-order valence-corrected chi connectivity index (χ3v) is 4.62. The molecule has 0 amide bonds. The Bertz CT molecular complexity index is 987. The molecule has 128 valence electrons. The minimum absolute atomic E-state index is 0.852. The lowest BCUT2D eigenvalue weighted by Crippen LogP contribution is -1.91. The summed E-state index contributed by atoms with van der Waals surface area (Å²) in [7, 11) is 1.71. The molecule has 4 aromatic rings. The molecule has 0 fully saturated rings. The van der Waals surface area contributed by atoms with Crippen molar-refractivity contribution in [3.8, 4) is 28.1 Å². The lowest BCUT2D eigenvalue weighted by Gasteiger charge is -2.09. The monoisotopic (exact) mass is 339 g/mol. The predicted octanol–water partition coefficient (Wildman–Crippen LogP) is 5.95. The quantitative estimate of drug-likeness (QED) is 0.477. The Morgan fingerprint density at radius 1 is 0.769 bits per heavy atom. The first-order chi connectivity index (χ1) is 12.8. The van der Waals surface area contributed by atoms with E-state index in [0.717, 1.165) is 17.9 Å². The summed E-state index contributed by atoms with van der Waals surface area (Å²) in [4.78, 5) is 3.51. The summed E-state index contributed by atoms with van der Waals surface area (Å²) in [6.45, 7) is 0. The van der Waals surface area contributed by atoms with Crippen molar-refractivity contribution >= 4 is 0 Å². The van der Waals surface area contributed by atoms with Gasteiger partial charge in [0.05, 0.1) is 12.8 Å². The molecule has 0 radical (unpaired) electrons. The molecule has 0 aliphatic heterocycles. The number of nitrogens with one attached hydrogen (secondary N) is 1. The number of aromatic nitrogens is 1. The Kier molecular flexibility index (Phi) is 4.57. The van der Waals surface area contributed by atoms with E-state index >= 15 is 0 Å². The normalized spacial score (nSPS) is 10.7. The highest BCUT2D eigenvalue weighted by Gasteiger charge is 2.15. The van der Waals surface area contributed by atoms with Gasteiger partial charge in [0.25, 0.3) is 0 Å². The van der Waals surface area contributed by atoms with Crippen molar-refractivity contribution in [2.24, 2.45) is 0 Å². The van der Waals surface area contributed by atoms with Crippen LogP contribution in [0.15, 0.2) is 91.1 Å². The van der Waals surface area contributed by atoms with Crippen molar-refractivity contribution in [3.63, 3.8) is 0 Å². The van der Waals surface area contributed by atoms with E-state index in [1.165, 1.54) is 27.8 Å². The molecule has 0 bridgehead atoms. The van der Waals surface area contributed by atoms with Crippen LogP contribution in [-0.4, -0.2) is 12.1 Å². The Hall–Kier alpha value is -3.26. The van der Waals surface area contributed by atoms with Crippen LogP contribution in [0, 0.1) is 0 Å². The van der Waals surface area contributed by atoms with E-state index < -0.39 is 0 Å². The van der Waals surface area contributed by atoms with Crippen LogP contribution in [0.3, 0.4) is 0 Å². The van der Waals surface area contributed by atoms with E-state index in [9.17, 15) is 0 Å². The summed E-state index contributed by atoms with van der Waals surface area (Å²) in [5, 5.41) is 0. The highest BCUT2D eigenvalue weighted by molar-refractivity contribution is 5.84. The molecule has 2 nitrogen and oxygen atoms in total. The van der Waals surface area contributed by atoms with E-state index in [1.54, 1.807) is 7.11 Å². The summed E-state index contributed by atoms with van der Waals surface area (Å²) in [6.07, 6.45) is 2.98. The summed E-state index contributed by atoms with van der Waals surface area (Å²) < 4.78 is 5.37. The summed E-state index contributed by atoms with van der Waals surface area (Å²) in [6, 6.07) is 29.3. The zero-order chi connectivity index (χ0) is 17.8. The summed E-state index contributed by atoms with van der Waals surface area (Å²) in [5.74, 6) is 0.891. The van der Waals surface area contributed by atoms with Crippen molar-refractivity contribution in [1.29, 1.82) is 0 Å². The van der Waals surface area contributed by atoms with E-state index in [4.69, 9.17) is 4.74 Å². The molecule has 1 heterocycles. The Morgan fingerprint density at radius 3 is 2.15 bits per heavy atom. The first-order valence-electron chi connectivity index (χ1n) is 8.79. The van der Waals surface area contributed by atoms with Crippen LogP contribution in [0.4, 0.5) is 0 Å². The Balaban J connectivity index is 1.81. The smallest absolute Gasteiger partial charge is 0.119 e. The number of ether oxygens (including phenoxy) is 1. The number of rotatable bonds is 5. The average molecular weight is 339 g/mol. The second-order valence-corrected chi connectivity index (χ2v) is 6.32. The molecule has 0 saturated carbocycles. The van der Waals surface area contributed by atoms with Crippen molar-refractivity contribution in [2.75, 3.05) is 7.11 Å². The van der Waals surface area contributed by atoms with Crippen LogP contribution in [0.2, 0.25) is 0 Å².